The fourth-order valence-corrected chi connectivity index (χ4v) is 4.25. The maximum Gasteiger partial charge on any atom is 0.254 e. The van der Waals surface area contributed by atoms with E-state index in [0.717, 1.165) is 16.3 Å². The average molecular weight is 469 g/mol. The second-order valence-corrected chi connectivity index (χ2v) is 8.44. The molecule has 1 aromatic heterocycles. The zero-order valence-electron chi connectivity index (χ0n) is 18.3. The number of amides is 1. The van der Waals surface area contributed by atoms with E-state index in [9.17, 15) is 10.1 Å². The summed E-state index contributed by atoms with van der Waals surface area (Å²) in [7, 11) is 0. The highest BCUT2D eigenvalue weighted by atomic mass is 35.5. The summed E-state index contributed by atoms with van der Waals surface area (Å²) < 4.78 is 5.90. The van der Waals surface area contributed by atoms with Crippen molar-refractivity contribution in [2.75, 3.05) is 31.1 Å². The molecule has 1 fully saturated rings. The smallest absolute Gasteiger partial charge is 0.254 e. The van der Waals surface area contributed by atoms with Gasteiger partial charge in [-0.3, -0.25) is 4.79 Å². The molecule has 0 N–H and O–H groups in total. The topological polar surface area (TPSA) is 73.4 Å². The van der Waals surface area contributed by atoms with Gasteiger partial charge in [0.25, 0.3) is 5.91 Å². The van der Waals surface area contributed by atoms with Crippen molar-refractivity contribution >= 4 is 46.3 Å². The number of nitriles is 1. The third-order valence-corrected chi connectivity index (χ3v) is 6.15. The van der Waals surface area contributed by atoms with Gasteiger partial charge in [0.2, 0.25) is 17.5 Å². The number of carbonyl (C=O) groups is 1. The lowest BCUT2D eigenvalue weighted by Gasteiger charge is -2.34. The number of nitrogens with zero attached hydrogens (tertiary/aromatic N) is 4. The fourth-order valence-electron chi connectivity index (χ4n) is 4.12. The molecule has 0 bridgehead atoms. The van der Waals surface area contributed by atoms with Gasteiger partial charge in [0, 0.05) is 42.8 Å². The first-order chi connectivity index (χ1) is 16.6. The molecule has 0 spiro atoms. The largest absolute Gasteiger partial charge is 0.420 e. The summed E-state index contributed by atoms with van der Waals surface area (Å²) in [5, 5.41) is 12.2. The van der Waals surface area contributed by atoms with E-state index in [2.05, 4.69) is 11.1 Å². The minimum absolute atomic E-state index is 0.0149. The van der Waals surface area contributed by atoms with Gasteiger partial charge in [-0.25, -0.2) is 0 Å². The van der Waals surface area contributed by atoms with Gasteiger partial charge in [0.05, 0.1) is 0 Å². The van der Waals surface area contributed by atoms with E-state index >= 15 is 0 Å². The molecule has 34 heavy (non-hydrogen) atoms. The normalized spacial score (nSPS) is 14.0. The number of fused-ring (bicyclic) bond motifs is 1. The standard InChI is InChI=1S/C27H21ClN4O2/c28-21-11-8-19(9-12-21)10-13-25-30-24(18-29)27(34-25)32-16-14-31(15-17-32)26(33)23-7-3-5-20-4-1-2-6-22(20)23/h1-13H,14-17H2/b13-10+. The fraction of sp³-hybridized carbons (Fsp3) is 0.148. The Balaban J connectivity index is 1.29. The van der Waals surface area contributed by atoms with Crippen LogP contribution in [0.4, 0.5) is 5.88 Å². The van der Waals surface area contributed by atoms with Crippen LogP contribution in [0, 0.1) is 11.3 Å². The van der Waals surface area contributed by atoms with E-state index in [4.69, 9.17) is 16.0 Å². The van der Waals surface area contributed by atoms with Crippen LogP contribution in [-0.4, -0.2) is 42.0 Å². The molecule has 6 nitrogen and oxygen atoms in total. The van der Waals surface area contributed by atoms with E-state index < -0.39 is 0 Å². The Labute approximate surface area is 202 Å². The van der Waals surface area contributed by atoms with Crippen molar-refractivity contribution in [3.8, 4) is 6.07 Å². The predicted molar refractivity (Wildman–Crippen MR) is 134 cm³/mol. The molecule has 1 amide bonds. The molecule has 3 aromatic carbocycles. The highest BCUT2D eigenvalue weighted by Gasteiger charge is 2.27. The quantitative estimate of drug-likeness (QED) is 0.396. The Morgan fingerprint density at radius 2 is 1.71 bits per heavy atom. The highest BCUT2D eigenvalue weighted by Crippen LogP contribution is 2.26. The molecule has 4 aromatic rings. The van der Waals surface area contributed by atoms with Gasteiger partial charge in [-0.05, 0) is 40.6 Å². The predicted octanol–water partition coefficient (Wildman–Crippen LogP) is 5.49. The average Bonchev–Trinajstić information content (AvgIpc) is 3.31. The number of benzene rings is 3. The van der Waals surface area contributed by atoms with E-state index in [1.54, 1.807) is 6.08 Å². The Kier molecular flexibility index (Phi) is 6.03. The zero-order chi connectivity index (χ0) is 23.5. The number of rotatable bonds is 4. The van der Waals surface area contributed by atoms with Crippen LogP contribution in [0.2, 0.25) is 5.02 Å². The van der Waals surface area contributed by atoms with Gasteiger partial charge in [-0.15, -0.1) is 0 Å². The van der Waals surface area contributed by atoms with Crippen molar-refractivity contribution in [2.45, 2.75) is 0 Å². The number of hydrogen-bond donors (Lipinski definition) is 0. The Morgan fingerprint density at radius 3 is 2.47 bits per heavy atom. The molecular formula is C27H21ClN4O2. The number of piperazine rings is 1. The van der Waals surface area contributed by atoms with E-state index in [1.807, 2.05) is 82.6 Å². The third-order valence-electron chi connectivity index (χ3n) is 5.89. The van der Waals surface area contributed by atoms with Gasteiger partial charge in [-0.1, -0.05) is 60.1 Å². The number of hydrogen-bond acceptors (Lipinski definition) is 5. The van der Waals surface area contributed by atoms with Crippen LogP contribution in [0.25, 0.3) is 22.9 Å². The maximum atomic E-state index is 13.2. The molecular weight excluding hydrogens is 448 g/mol. The molecule has 1 aliphatic heterocycles. The van der Waals surface area contributed by atoms with Gasteiger partial charge >= 0.3 is 0 Å². The molecule has 0 saturated carbocycles. The minimum atomic E-state index is 0.0149. The Morgan fingerprint density at radius 1 is 0.971 bits per heavy atom. The summed E-state index contributed by atoms with van der Waals surface area (Å²) in [6.07, 6.45) is 3.59. The van der Waals surface area contributed by atoms with Gasteiger partial charge in [0.15, 0.2) is 0 Å². The highest BCUT2D eigenvalue weighted by molar-refractivity contribution is 6.30. The summed E-state index contributed by atoms with van der Waals surface area (Å²) in [5.74, 6) is 0.812. The van der Waals surface area contributed by atoms with Crippen LogP contribution < -0.4 is 4.90 Å². The van der Waals surface area contributed by atoms with Crippen molar-refractivity contribution in [1.82, 2.24) is 9.88 Å². The first kappa shape index (κ1) is 21.7. The molecule has 0 radical (unpaired) electrons. The van der Waals surface area contributed by atoms with Crippen molar-refractivity contribution in [1.29, 1.82) is 5.26 Å². The van der Waals surface area contributed by atoms with Crippen molar-refractivity contribution < 1.29 is 9.21 Å². The lowest BCUT2D eigenvalue weighted by atomic mass is 10.0. The molecule has 168 valence electrons. The van der Waals surface area contributed by atoms with E-state index in [0.29, 0.717) is 48.5 Å². The number of aromatic nitrogens is 1. The van der Waals surface area contributed by atoms with Crippen molar-refractivity contribution in [3.63, 3.8) is 0 Å². The molecule has 5 rings (SSSR count). The lowest BCUT2D eigenvalue weighted by Crippen LogP contribution is -2.49. The molecule has 0 aliphatic carbocycles. The first-order valence-corrected chi connectivity index (χ1v) is 11.4. The first-order valence-electron chi connectivity index (χ1n) is 11.0. The SMILES string of the molecule is N#Cc1nc(/C=C/c2ccc(Cl)cc2)oc1N1CCN(C(=O)c2cccc3ccccc23)CC1. The summed E-state index contributed by atoms with van der Waals surface area (Å²) in [6.45, 7) is 2.18. The minimum Gasteiger partial charge on any atom is -0.420 e. The number of carbonyl (C=O) groups excluding carboxylic acids is 1. The van der Waals surface area contributed by atoms with Crippen LogP contribution >= 0.6 is 11.6 Å². The van der Waals surface area contributed by atoms with Crippen molar-refractivity contribution in [2.24, 2.45) is 0 Å². The van der Waals surface area contributed by atoms with Crippen LogP contribution in [-0.2, 0) is 0 Å². The van der Waals surface area contributed by atoms with E-state index in [1.165, 1.54) is 0 Å². The summed E-state index contributed by atoms with van der Waals surface area (Å²) >= 11 is 5.93. The lowest BCUT2D eigenvalue weighted by molar-refractivity contribution is 0.0747. The maximum absolute atomic E-state index is 13.2. The molecule has 0 atom stereocenters. The zero-order valence-corrected chi connectivity index (χ0v) is 19.1. The second kappa shape index (κ2) is 9.42. The summed E-state index contributed by atoms with van der Waals surface area (Å²) in [5.41, 5.74) is 1.89. The second-order valence-electron chi connectivity index (χ2n) is 8.01. The summed E-state index contributed by atoms with van der Waals surface area (Å²) in [4.78, 5) is 21.4. The Hall–Kier alpha value is -4.08. The molecule has 1 saturated heterocycles. The monoisotopic (exact) mass is 468 g/mol. The summed E-state index contributed by atoms with van der Waals surface area (Å²) in [6, 6.07) is 23.2. The van der Waals surface area contributed by atoms with Crippen LogP contribution in [0.15, 0.2) is 71.1 Å². The van der Waals surface area contributed by atoms with Gasteiger partial charge in [0.1, 0.15) is 6.07 Å². The number of oxazole rings is 1. The molecule has 7 heteroatoms. The Bertz CT molecular complexity index is 1410. The molecule has 0 unspecified atom stereocenters. The van der Waals surface area contributed by atoms with Gasteiger partial charge in [-0.2, -0.15) is 10.2 Å². The van der Waals surface area contributed by atoms with Crippen molar-refractivity contribution in [3.05, 3.63) is 94.5 Å². The van der Waals surface area contributed by atoms with E-state index in [-0.39, 0.29) is 11.6 Å². The van der Waals surface area contributed by atoms with Gasteiger partial charge < -0.3 is 14.2 Å². The molecule has 2 heterocycles. The van der Waals surface area contributed by atoms with Crippen LogP contribution in [0.3, 0.4) is 0 Å². The van der Waals surface area contributed by atoms with Crippen LogP contribution in [0.1, 0.15) is 27.5 Å². The third kappa shape index (κ3) is 4.39. The molecule has 1 aliphatic rings. The number of anilines is 1. The number of halogens is 1. The van der Waals surface area contributed by atoms with Crippen LogP contribution in [0.5, 0.6) is 0 Å².